The first-order valence-corrected chi connectivity index (χ1v) is 13.7. The third kappa shape index (κ3) is 10.9. The smallest absolute Gasteiger partial charge is 0.253 e. The van der Waals surface area contributed by atoms with E-state index in [1.54, 1.807) is 12.1 Å². The maximum absolute atomic E-state index is 12.6. The second-order valence-electron chi connectivity index (χ2n) is 9.04. The number of aryl methyl sites for hydroxylation is 1. The van der Waals surface area contributed by atoms with Gasteiger partial charge in [-0.25, -0.2) is 4.57 Å². The highest BCUT2D eigenvalue weighted by Gasteiger charge is 2.14. The Balaban J connectivity index is 1.59. The van der Waals surface area contributed by atoms with Gasteiger partial charge in [-0.3, -0.25) is 4.79 Å². The van der Waals surface area contributed by atoms with Crippen molar-refractivity contribution in [3.63, 3.8) is 0 Å². The predicted molar refractivity (Wildman–Crippen MR) is 142 cm³/mol. The molecule has 1 heterocycles. The van der Waals surface area contributed by atoms with E-state index in [0.29, 0.717) is 23.7 Å². The van der Waals surface area contributed by atoms with Gasteiger partial charge in [0.1, 0.15) is 18.8 Å². The number of halogens is 1. The molecule has 1 aromatic carbocycles. The molecule has 0 atom stereocenters. The van der Waals surface area contributed by atoms with Crippen molar-refractivity contribution < 1.29 is 14.1 Å². The summed E-state index contributed by atoms with van der Waals surface area (Å²) in [6.45, 7) is 6.35. The van der Waals surface area contributed by atoms with Crippen LogP contribution in [0.4, 0.5) is 0 Å². The zero-order valence-electron chi connectivity index (χ0n) is 21.3. The fourth-order valence-corrected chi connectivity index (χ4v) is 4.41. The molecule has 188 valence electrons. The van der Waals surface area contributed by atoms with E-state index in [-0.39, 0.29) is 5.91 Å². The highest BCUT2D eigenvalue weighted by atomic mass is 35.5. The minimum atomic E-state index is -0.177. The van der Waals surface area contributed by atoms with Crippen LogP contribution in [-0.4, -0.2) is 12.5 Å². The van der Waals surface area contributed by atoms with Crippen molar-refractivity contribution in [2.45, 2.75) is 104 Å². The molecule has 0 spiro atoms. The largest absolute Gasteiger partial charge is 0.494 e. The molecule has 0 saturated heterocycles. The number of unbranched alkanes of at least 4 members (excludes halogenated alkanes) is 11. The third-order valence-electron chi connectivity index (χ3n) is 6.26. The number of carbonyl (C=O) groups is 1. The molecule has 0 aliphatic heterocycles. The van der Waals surface area contributed by atoms with Crippen molar-refractivity contribution in [2.75, 3.05) is 6.61 Å². The van der Waals surface area contributed by atoms with Gasteiger partial charge in [0.15, 0.2) is 6.20 Å². The van der Waals surface area contributed by atoms with E-state index in [0.717, 1.165) is 24.4 Å². The van der Waals surface area contributed by atoms with Crippen LogP contribution in [-0.2, 0) is 13.1 Å². The Kier molecular flexibility index (Phi) is 14.4. The van der Waals surface area contributed by atoms with E-state index in [2.05, 4.69) is 23.7 Å². The van der Waals surface area contributed by atoms with Gasteiger partial charge in [0.25, 0.3) is 5.91 Å². The lowest BCUT2D eigenvalue weighted by Crippen LogP contribution is -2.39. The van der Waals surface area contributed by atoms with Crippen LogP contribution in [0.25, 0.3) is 0 Å². The Bertz CT molecular complexity index is 841. The average molecular weight is 488 g/mol. The molecular formula is C29H44ClN2O2+. The summed E-state index contributed by atoms with van der Waals surface area (Å²) in [5.74, 6) is 0.542. The van der Waals surface area contributed by atoms with Crippen LogP contribution in [0.3, 0.4) is 0 Å². The maximum Gasteiger partial charge on any atom is 0.253 e. The van der Waals surface area contributed by atoms with E-state index in [4.69, 9.17) is 16.3 Å². The zero-order valence-corrected chi connectivity index (χ0v) is 22.0. The highest BCUT2D eigenvalue weighted by molar-refractivity contribution is 6.34. The van der Waals surface area contributed by atoms with E-state index < -0.39 is 0 Å². The van der Waals surface area contributed by atoms with Crippen molar-refractivity contribution in [1.82, 2.24) is 5.32 Å². The SMILES string of the molecule is CCCCCCCCCCCCCCOc1ccc(C(=O)NCc2cccc[n+]2CC)c(Cl)c1. The van der Waals surface area contributed by atoms with Gasteiger partial charge in [-0.1, -0.05) is 95.2 Å². The molecule has 0 aliphatic rings. The molecule has 0 radical (unpaired) electrons. The molecule has 1 amide bonds. The number of amides is 1. The summed E-state index contributed by atoms with van der Waals surface area (Å²) < 4.78 is 7.96. The summed E-state index contributed by atoms with van der Waals surface area (Å²) in [7, 11) is 0. The first-order chi connectivity index (χ1) is 16.7. The van der Waals surface area contributed by atoms with Gasteiger partial charge >= 0.3 is 0 Å². The number of ether oxygens (including phenoxy) is 1. The summed E-state index contributed by atoms with van der Waals surface area (Å²) in [5.41, 5.74) is 1.52. The first kappa shape index (κ1) is 28.2. The fourth-order valence-electron chi connectivity index (χ4n) is 4.15. The minimum absolute atomic E-state index is 0.177. The molecule has 2 rings (SSSR count). The number of rotatable bonds is 18. The van der Waals surface area contributed by atoms with E-state index in [1.165, 1.54) is 70.6 Å². The molecule has 34 heavy (non-hydrogen) atoms. The molecule has 1 aromatic heterocycles. The molecule has 5 heteroatoms. The van der Waals surface area contributed by atoms with Crippen LogP contribution < -0.4 is 14.6 Å². The lowest BCUT2D eigenvalue weighted by molar-refractivity contribution is -0.701. The number of hydrogen-bond donors (Lipinski definition) is 1. The maximum atomic E-state index is 12.6. The quantitative estimate of drug-likeness (QED) is 0.173. The Morgan fingerprint density at radius 1 is 0.882 bits per heavy atom. The Labute approximate surface area is 212 Å². The van der Waals surface area contributed by atoms with Crippen LogP contribution in [0.5, 0.6) is 5.75 Å². The van der Waals surface area contributed by atoms with Gasteiger partial charge in [-0.05, 0) is 31.5 Å². The summed E-state index contributed by atoms with van der Waals surface area (Å²) in [4.78, 5) is 12.6. The molecule has 0 saturated carbocycles. The third-order valence-corrected chi connectivity index (χ3v) is 6.57. The van der Waals surface area contributed by atoms with E-state index in [9.17, 15) is 4.79 Å². The summed E-state index contributed by atoms with van der Waals surface area (Å²) >= 11 is 6.38. The van der Waals surface area contributed by atoms with Crippen molar-refractivity contribution in [1.29, 1.82) is 0 Å². The number of pyridine rings is 1. The molecule has 0 aliphatic carbocycles. The monoisotopic (exact) mass is 487 g/mol. The lowest BCUT2D eigenvalue weighted by atomic mass is 10.1. The van der Waals surface area contributed by atoms with Crippen molar-refractivity contribution in [3.8, 4) is 5.75 Å². The van der Waals surface area contributed by atoms with E-state index >= 15 is 0 Å². The van der Waals surface area contributed by atoms with E-state index in [1.807, 2.05) is 30.5 Å². The number of benzene rings is 1. The second-order valence-corrected chi connectivity index (χ2v) is 9.45. The normalized spacial score (nSPS) is 10.9. The zero-order chi connectivity index (χ0) is 24.4. The van der Waals surface area contributed by atoms with Crippen molar-refractivity contribution >= 4 is 17.5 Å². The number of nitrogens with one attached hydrogen (secondary N) is 1. The molecule has 4 nitrogen and oxygen atoms in total. The predicted octanol–water partition coefficient (Wildman–Crippen LogP) is 7.66. The van der Waals surface area contributed by atoms with Gasteiger partial charge in [-0.15, -0.1) is 0 Å². The summed E-state index contributed by atoms with van der Waals surface area (Å²) in [5, 5.41) is 3.38. The van der Waals surface area contributed by atoms with Crippen LogP contribution in [0.15, 0.2) is 42.6 Å². The molecular weight excluding hydrogens is 444 g/mol. The number of aromatic nitrogens is 1. The number of nitrogens with zero attached hydrogens (tertiary/aromatic N) is 1. The summed E-state index contributed by atoms with van der Waals surface area (Å²) in [6, 6.07) is 11.3. The van der Waals surface area contributed by atoms with Gasteiger partial charge < -0.3 is 10.1 Å². The van der Waals surface area contributed by atoms with Gasteiger partial charge in [0.2, 0.25) is 5.69 Å². The Morgan fingerprint density at radius 3 is 2.15 bits per heavy atom. The Morgan fingerprint density at radius 2 is 1.53 bits per heavy atom. The van der Waals surface area contributed by atoms with Crippen LogP contribution in [0.1, 0.15) is 107 Å². The minimum Gasteiger partial charge on any atom is -0.494 e. The molecule has 0 unspecified atom stereocenters. The van der Waals surface area contributed by atoms with Crippen LogP contribution >= 0.6 is 11.6 Å². The van der Waals surface area contributed by atoms with Crippen molar-refractivity contribution in [2.24, 2.45) is 0 Å². The fraction of sp³-hybridized carbons (Fsp3) is 0.586. The number of carbonyl (C=O) groups excluding carboxylic acids is 1. The molecule has 0 fully saturated rings. The molecule has 2 aromatic rings. The van der Waals surface area contributed by atoms with Gasteiger partial charge in [-0.2, -0.15) is 0 Å². The lowest BCUT2D eigenvalue weighted by Gasteiger charge is -2.10. The standard InChI is InChI=1S/C29H43ClN2O2/c1-3-5-6-7-8-9-10-11-12-13-14-17-22-34-26-19-20-27(28(30)23-26)29(33)31-24-25-18-15-16-21-32(25)4-2/h15-16,18-21,23H,3-14,17,22,24H2,1-2H3/p+1. The van der Waals surface area contributed by atoms with Crippen molar-refractivity contribution in [3.05, 3.63) is 58.9 Å². The van der Waals surface area contributed by atoms with Crippen LogP contribution in [0.2, 0.25) is 5.02 Å². The van der Waals surface area contributed by atoms with Gasteiger partial charge in [0.05, 0.1) is 17.2 Å². The average Bonchev–Trinajstić information content (AvgIpc) is 2.85. The molecule has 1 N–H and O–H groups in total. The van der Waals surface area contributed by atoms with Gasteiger partial charge in [0, 0.05) is 12.1 Å². The topological polar surface area (TPSA) is 42.2 Å². The second kappa shape index (κ2) is 17.4. The van der Waals surface area contributed by atoms with Crippen LogP contribution in [0, 0.1) is 0 Å². The number of hydrogen-bond acceptors (Lipinski definition) is 2. The highest BCUT2D eigenvalue weighted by Crippen LogP contribution is 2.23. The summed E-state index contributed by atoms with van der Waals surface area (Å²) in [6.07, 6.45) is 17.9. The Hall–Kier alpha value is -2.07. The molecule has 0 bridgehead atoms. The first-order valence-electron chi connectivity index (χ1n) is 13.3.